The number of hydrogen-bond acceptors (Lipinski definition) is 3. The second-order valence-corrected chi connectivity index (χ2v) is 9.26. The van der Waals surface area contributed by atoms with Crippen LogP contribution in [0.3, 0.4) is 0 Å². The van der Waals surface area contributed by atoms with Crippen LogP contribution in [-0.2, 0) is 28.1 Å². The van der Waals surface area contributed by atoms with Gasteiger partial charge in [-0.1, -0.05) is 6.92 Å². The first-order valence-corrected chi connectivity index (χ1v) is 12.1. The van der Waals surface area contributed by atoms with Gasteiger partial charge in [-0.2, -0.15) is 39.5 Å². The summed E-state index contributed by atoms with van der Waals surface area (Å²) in [5.41, 5.74) is -4.93. The Balaban J connectivity index is 2.04. The topological polar surface area (TPSA) is 49.9 Å². The molecule has 3 rings (SSSR count). The van der Waals surface area contributed by atoms with Crippen molar-refractivity contribution in [2.75, 3.05) is 23.5 Å². The minimum absolute atomic E-state index is 0.000400. The smallest absolute Gasteiger partial charge is 0.416 e. The third-order valence-electron chi connectivity index (χ3n) is 6.67. The molecule has 0 aromatic heterocycles. The van der Waals surface area contributed by atoms with Crippen molar-refractivity contribution in [2.45, 2.75) is 63.6 Å². The van der Waals surface area contributed by atoms with Crippen LogP contribution in [0.5, 0.6) is 0 Å². The van der Waals surface area contributed by atoms with Gasteiger partial charge >= 0.3 is 24.6 Å². The molecular formula is C26H25F9N2O3. The second-order valence-electron chi connectivity index (χ2n) is 9.26. The average Bonchev–Trinajstić information content (AvgIpc) is 2.85. The number of anilines is 2. The Morgan fingerprint density at radius 2 is 1.43 bits per heavy atom. The van der Waals surface area contributed by atoms with Gasteiger partial charge in [0.1, 0.15) is 0 Å². The van der Waals surface area contributed by atoms with E-state index < -0.39 is 71.3 Å². The zero-order valence-electron chi connectivity index (χ0n) is 21.5. The second kappa shape index (κ2) is 11.2. The Morgan fingerprint density at radius 1 is 0.875 bits per heavy atom. The maximum Gasteiger partial charge on any atom is 0.416 e. The van der Waals surface area contributed by atoms with E-state index in [0.29, 0.717) is 23.5 Å². The van der Waals surface area contributed by atoms with Gasteiger partial charge in [0.15, 0.2) is 0 Å². The fraction of sp³-hybridized carbons (Fsp3) is 0.462. The third kappa shape index (κ3) is 6.64. The summed E-state index contributed by atoms with van der Waals surface area (Å²) in [7, 11) is 0.982. The molecule has 1 heterocycles. The number of amides is 2. The lowest BCUT2D eigenvalue weighted by Gasteiger charge is -2.40. The highest BCUT2D eigenvalue weighted by Crippen LogP contribution is 2.45. The number of rotatable bonds is 5. The first-order valence-electron chi connectivity index (χ1n) is 12.1. The Morgan fingerprint density at radius 3 is 1.90 bits per heavy atom. The molecule has 0 saturated heterocycles. The van der Waals surface area contributed by atoms with Crippen LogP contribution in [0.1, 0.15) is 61.3 Å². The SMILES string of the molecule is CCOC(=O)N1c2ccc(C(F)(F)F)cc2[C@@H](CC(=O)N(C)c2cc(C(F)(F)F)cc(C(F)(F)F)c2)C[C@H]1CC. The van der Waals surface area contributed by atoms with Gasteiger partial charge in [-0.05, 0) is 67.6 Å². The van der Waals surface area contributed by atoms with Gasteiger partial charge < -0.3 is 9.64 Å². The summed E-state index contributed by atoms with van der Waals surface area (Å²) < 4.78 is 125. The quantitative estimate of drug-likeness (QED) is 0.335. The van der Waals surface area contributed by atoms with E-state index in [0.717, 1.165) is 25.2 Å². The Hall–Kier alpha value is -3.45. The molecule has 0 bridgehead atoms. The molecule has 1 aliphatic heterocycles. The van der Waals surface area contributed by atoms with Gasteiger partial charge in [0.2, 0.25) is 5.91 Å². The first kappa shape index (κ1) is 31.1. The Bertz CT molecular complexity index is 1220. The average molecular weight is 584 g/mol. The maximum absolute atomic E-state index is 13.5. The predicted octanol–water partition coefficient (Wildman–Crippen LogP) is 8.02. The molecule has 220 valence electrons. The van der Waals surface area contributed by atoms with Crippen LogP contribution in [0.15, 0.2) is 36.4 Å². The number of alkyl halides is 9. The van der Waals surface area contributed by atoms with Gasteiger partial charge in [0, 0.05) is 25.2 Å². The van der Waals surface area contributed by atoms with Crippen LogP contribution in [0.25, 0.3) is 0 Å². The summed E-state index contributed by atoms with van der Waals surface area (Å²) in [6.45, 7) is 3.25. The molecule has 0 unspecified atom stereocenters. The highest BCUT2D eigenvalue weighted by atomic mass is 19.4. The van der Waals surface area contributed by atoms with Gasteiger partial charge in [-0.25, -0.2) is 4.79 Å². The molecule has 2 aromatic carbocycles. The Labute approximate surface area is 223 Å². The van der Waals surface area contributed by atoms with Crippen molar-refractivity contribution < 1.29 is 53.8 Å². The zero-order valence-corrected chi connectivity index (χ0v) is 21.5. The number of fused-ring (bicyclic) bond motifs is 1. The summed E-state index contributed by atoms with van der Waals surface area (Å²) in [6.07, 6.45) is -16.1. The van der Waals surface area contributed by atoms with E-state index in [1.54, 1.807) is 13.8 Å². The van der Waals surface area contributed by atoms with E-state index >= 15 is 0 Å². The largest absolute Gasteiger partial charge is 0.449 e. The van der Waals surface area contributed by atoms with Crippen LogP contribution in [0.2, 0.25) is 0 Å². The molecule has 0 saturated carbocycles. The summed E-state index contributed by atoms with van der Waals surface area (Å²) in [5.74, 6) is -1.86. The summed E-state index contributed by atoms with van der Waals surface area (Å²) in [4.78, 5) is 27.7. The van der Waals surface area contributed by atoms with Crippen molar-refractivity contribution in [1.82, 2.24) is 0 Å². The lowest BCUT2D eigenvalue weighted by molar-refractivity contribution is -0.143. The monoisotopic (exact) mass is 584 g/mol. The molecule has 40 heavy (non-hydrogen) atoms. The molecule has 2 amide bonds. The van der Waals surface area contributed by atoms with Crippen LogP contribution < -0.4 is 9.80 Å². The molecule has 2 atom stereocenters. The van der Waals surface area contributed by atoms with Crippen molar-refractivity contribution in [1.29, 1.82) is 0 Å². The highest BCUT2D eigenvalue weighted by Gasteiger charge is 2.41. The van der Waals surface area contributed by atoms with Crippen molar-refractivity contribution in [3.05, 3.63) is 58.7 Å². The van der Waals surface area contributed by atoms with Crippen LogP contribution in [-0.4, -0.2) is 31.7 Å². The van der Waals surface area contributed by atoms with E-state index in [9.17, 15) is 49.1 Å². The van der Waals surface area contributed by atoms with E-state index in [-0.39, 0.29) is 30.3 Å². The van der Waals surface area contributed by atoms with E-state index in [2.05, 4.69) is 0 Å². The van der Waals surface area contributed by atoms with Gasteiger partial charge in [0.25, 0.3) is 0 Å². The van der Waals surface area contributed by atoms with Gasteiger partial charge in [-0.15, -0.1) is 0 Å². The maximum atomic E-state index is 13.5. The summed E-state index contributed by atoms with van der Waals surface area (Å²) >= 11 is 0. The third-order valence-corrected chi connectivity index (χ3v) is 6.67. The highest BCUT2D eigenvalue weighted by molar-refractivity contribution is 5.95. The molecule has 0 radical (unpaired) electrons. The van der Waals surface area contributed by atoms with Gasteiger partial charge in [-0.3, -0.25) is 9.69 Å². The molecule has 2 aromatic rings. The standard InChI is InChI=1S/C26H25F9N2O3/c1-4-18-8-14(20-13-15(24(27,28)29)6-7-21(20)37(18)23(39)40-5-2)9-22(38)36(3)19-11-16(25(30,31)32)10-17(12-19)26(33,34)35/h6-7,10-14,18H,4-5,8-9H2,1-3H3/t14-,18-/m1/s1. The van der Waals surface area contributed by atoms with E-state index in [1.165, 1.54) is 4.90 Å². The summed E-state index contributed by atoms with van der Waals surface area (Å²) in [6, 6.07) is 2.75. The fourth-order valence-corrected chi connectivity index (χ4v) is 4.64. The molecule has 5 nitrogen and oxygen atoms in total. The molecular weight excluding hydrogens is 559 g/mol. The first-order chi connectivity index (χ1) is 18.4. The number of hydrogen-bond donors (Lipinski definition) is 0. The number of carbonyl (C=O) groups is 2. The minimum atomic E-state index is -5.14. The van der Waals surface area contributed by atoms with E-state index in [1.807, 2.05) is 0 Å². The normalized spacial score (nSPS) is 17.9. The van der Waals surface area contributed by atoms with Crippen LogP contribution in [0, 0.1) is 0 Å². The van der Waals surface area contributed by atoms with Crippen molar-refractivity contribution in [2.24, 2.45) is 0 Å². The van der Waals surface area contributed by atoms with Crippen molar-refractivity contribution in [3.8, 4) is 0 Å². The van der Waals surface area contributed by atoms with Crippen LogP contribution in [0.4, 0.5) is 55.7 Å². The molecule has 0 aliphatic carbocycles. The molecule has 0 spiro atoms. The molecule has 14 heteroatoms. The van der Waals surface area contributed by atoms with Crippen molar-refractivity contribution in [3.63, 3.8) is 0 Å². The van der Waals surface area contributed by atoms with Crippen LogP contribution >= 0.6 is 0 Å². The van der Waals surface area contributed by atoms with E-state index in [4.69, 9.17) is 4.74 Å². The zero-order chi connectivity index (χ0) is 30.2. The number of benzene rings is 2. The fourth-order valence-electron chi connectivity index (χ4n) is 4.64. The summed E-state index contributed by atoms with van der Waals surface area (Å²) in [5, 5.41) is 0. The number of nitrogens with zero attached hydrogens (tertiary/aromatic N) is 2. The van der Waals surface area contributed by atoms with Gasteiger partial charge in [0.05, 0.1) is 29.0 Å². The Kier molecular flexibility index (Phi) is 8.70. The molecule has 0 fully saturated rings. The number of carbonyl (C=O) groups excluding carboxylic acids is 2. The van der Waals surface area contributed by atoms with Crippen molar-refractivity contribution >= 4 is 23.4 Å². The lowest BCUT2D eigenvalue weighted by atomic mass is 9.81. The molecule has 1 aliphatic rings. The minimum Gasteiger partial charge on any atom is -0.449 e. The number of ether oxygens (including phenoxy) is 1. The predicted molar refractivity (Wildman–Crippen MR) is 127 cm³/mol. The molecule has 0 N–H and O–H groups in total. The number of halogens is 9. The lowest BCUT2D eigenvalue weighted by Crippen LogP contribution is -2.45.